The molecule has 5 rings (SSSR count). The Labute approximate surface area is 209 Å². The second-order valence-electron chi connectivity index (χ2n) is 8.98. The van der Waals surface area contributed by atoms with E-state index < -0.39 is 0 Å². The number of benzene rings is 3. The fraction of sp³-hybridized carbons (Fsp3) is 0.276. The predicted molar refractivity (Wildman–Crippen MR) is 141 cm³/mol. The molecule has 5 nitrogen and oxygen atoms in total. The van der Waals surface area contributed by atoms with E-state index in [1.807, 2.05) is 24.3 Å². The van der Waals surface area contributed by atoms with Gasteiger partial charge in [0.05, 0.1) is 0 Å². The minimum absolute atomic E-state index is 0.0824. The summed E-state index contributed by atoms with van der Waals surface area (Å²) in [6.07, 6.45) is 3.66. The van der Waals surface area contributed by atoms with Crippen LogP contribution in [0.25, 0.3) is 20.5 Å². The largest absolute Gasteiger partial charge is 0.508 e. The lowest BCUT2D eigenvalue weighted by atomic mass is 9.97. The Balaban J connectivity index is 1.42. The highest BCUT2D eigenvalue weighted by Crippen LogP contribution is 2.41. The Morgan fingerprint density at radius 1 is 1.00 bits per heavy atom. The molecule has 0 bridgehead atoms. The van der Waals surface area contributed by atoms with Crippen LogP contribution in [0.2, 0.25) is 0 Å². The average Bonchev–Trinajstić information content (AvgIpc) is 3.26. The van der Waals surface area contributed by atoms with E-state index in [-0.39, 0.29) is 17.3 Å². The van der Waals surface area contributed by atoms with Crippen molar-refractivity contribution in [2.24, 2.45) is 0 Å². The summed E-state index contributed by atoms with van der Waals surface area (Å²) in [6.45, 7) is 5.02. The maximum absolute atomic E-state index is 13.7. The number of aromatic hydroxyl groups is 2. The van der Waals surface area contributed by atoms with Gasteiger partial charge >= 0.3 is 0 Å². The van der Waals surface area contributed by atoms with Crippen LogP contribution in [-0.4, -0.2) is 46.6 Å². The van der Waals surface area contributed by atoms with Gasteiger partial charge in [0.15, 0.2) is 5.78 Å². The number of ketones is 1. The Morgan fingerprint density at radius 2 is 1.74 bits per heavy atom. The number of phenols is 2. The molecule has 2 heterocycles. The number of hydrogen-bond acceptors (Lipinski definition) is 6. The van der Waals surface area contributed by atoms with Gasteiger partial charge in [0.25, 0.3) is 0 Å². The number of piperidine rings is 1. The number of nitrogens with zero attached hydrogens (tertiary/aromatic N) is 1. The first-order valence-corrected chi connectivity index (χ1v) is 12.9. The van der Waals surface area contributed by atoms with Gasteiger partial charge in [-0.15, -0.1) is 11.3 Å². The molecule has 1 saturated heterocycles. The van der Waals surface area contributed by atoms with Gasteiger partial charge in [-0.25, -0.2) is 0 Å². The first kappa shape index (κ1) is 23.4. The summed E-state index contributed by atoms with van der Waals surface area (Å²) in [5.41, 5.74) is 2.03. The number of carbonyl (C=O) groups excluding carboxylic acids is 1. The monoisotopic (exact) mass is 487 g/mol. The molecule has 0 aliphatic carbocycles. The summed E-state index contributed by atoms with van der Waals surface area (Å²) in [5, 5.41) is 20.5. The lowest BCUT2D eigenvalue weighted by molar-refractivity contribution is 0.103. The molecule has 35 heavy (non-hydrogen) atoms. The SMILES string of the molecule is CCN1CCCCC1COc1ccc(C(=O)c2c(-c3ccc(O)cc3)sc3cc(O)ccc23)cc1. The van der Waals surface area contributed by atoms with Crippen LogP contribution in [0.15, 0.2) is 66.7 Å². The first-order valence-electron chi connectivity index (χ1n) is 12.1. The Bertz CT molecular complexity index is 1330. The summed E-state index contributed by atoms with van der Waals surface area (Å²) >= 11 is 1.46. The smallest absolute Gasteiger partial charge is 0.195 e. The molecular formula is C29H29NO4S. The molecule has 1 atom stereocenters. The average molecular weight is 488 g/mol. The maximum Gasteiger partial charge on any atom is 0.195 e. The Hall–Kier alpha value is -3.35. The van der Waals surface area contributed by atoms with Crippen LogP contribution in [0.4, 0.5) is 0 Å². The van der Waals surface area contributed by atoms with Gasteiger partial charge in [-0.05, 0) is 98.2 Å². The van der Waals surface area contributed by atoms with Gasteiger partial charge < -0.3 is 14.9 Å². The fourth-order valence-electron chi connectivity index (χ4n) is 4.83. The summed E-state index contributed by atoms with van der Waals surface area (Å²) < 4.78 is 6.93. The molecule has 180 valence electrons. The lowest BCUT2D eigenvalue weighted by Crippen LogP contribution is -2.42. The zero-order valence-electron chi connectivity index (χ0n) is 19.7. The molecule has 1 aliphatic heterocycles. The van der Waals surface area contributed by atoms with Gasteiger partial charge in [-0.1, -0.05) is 13.3 Å². The van der Waals surface area contributed by atoms with Gasteiger partial charge in [0.2, 0.25) is 0 Å². The summed E-state index contributed by atoms with van der Waals surface area (Å²) in [6, 6.07) is 19.7. The molecule has 1 aromatic heterocycles. The standard InChI is InChI=1S/C29H29NO4S/c1-2-30-16-4-3-5-21(30)18-34-24-13-8-19(9-14-24)28(33)27-25-15-12-23(32)17-26(25)35-29(27)20-6-10-22(31)11-7-20/h6-15,17,21,31-32H,2-5,16,18H2,1H3. The molecule has 6 heteroatoms. The molecule has 0 saturated carbocycles. The Kier molecular flexibility index (Phi) is 6.75. The van der Waals surface area contributed by atoms with Crippen LogP contribution in [0.1, 0.15) is 42.1 Å². The third-order valence-electron chi connectivity index (χ3n) is 6.74. The highest BCUT2D eigenvalue weighted by Gasteiger charge is 2.23. The van der Waals surface area contributed by atoms with Crippen molar-refractivity contribution in [3.05, 3.63) is 77.9 Å². The van der Waals surface area contributed by atoms with Crippen LogP contribution in [0, 0.1) is 0 Å². The van der Waals surface area contributed by atoms with Crippen molar-refractivity contribution >= 4 is 27.2 Å². The number of phenolic OH excluding ortho intramolecular Hbond substituents is 2. The zero-order chi connectivity index (χ0) is 24.4. The molecule has 0 radical (unpaired) electrons. The number of likely N-dealkylation sites (tertiary alicyclic amines) is 1. The number of fused-ring (bicyclic) bond motifs is 1. The number of hydrogen-bond donors (Lipinski definition) is 2. The third kappa shape index (κ3) is 4.90. The van der Waals surface area contributed by atoms with Crippen molar-refractivity contribution in [2.75, 3.05) is 19.7 Å². The molecule has 4 aromatic rings. The Morgan fingerprint density at radius 3 is 2.49 bits per heavy atom. The van der Waals surface area contributed by atoms with Crippen molar-refractivity contribution in [3.63, 3.8) is 0 Å². The van der Waals surface area contributed by atoms with E-state index in [1.54, 1.807) is 42.5 Å². The molecule has 3 aromatic carbocycles. The highest BCUT2D eigenvalue weighted by atomic mass is 32.1. The highest BCUT2D eigenvalue weighted by molar-refractivity contribution is 7.22. The van der Waals surface area contributed by atoms with Crippen LogP contribution in [-0.2, 0) is 0 Å². The molecule has 0 amide bonds. The van der Waals surface area contributed by atoms with Crippen molar-refractivity contribution in [2.45, 2.75) is 32.2 Å². The first-order chi connectivity index (χ1) is 17.0. The van der Waals surface area contributed by atoms with E-state index in [2.05, 4.69) is 11.8 Å². The van der Waals surface area contributed by atoms with E-state index in [1.165, 1.54) is 24.2 Å². The number of likely N-dealkylation sites (N-methyl/N-ethyl adjacent to an activating group) is 1. The van der Waals surface area contributed by atoms with Gasteiger partial charge in [-0.3, -0.25) is 9.69 Å². The molecule has 1 unspecified atom stereocenters. The third-order valence-corrected chi connectivity index (χ3v) is 7.95. The lowest BCUT2D eigenvalue weighted by Gasteiger charge is -2.34. The molecule has 0 spiro atoms. The second-order valence-corrected chi connectivity index (χ2v) is 10.0. The summed E-state index contributed by atoms with van der Waals surface area (Å²) in [5.74, 6) is 1.02. The molecule has 1 aliphatic rings. The topological polar surface area (TPSA) is 70.0 Å². The number of thiophene rings is 1. The van der Waals surface area contributed by atoms with E-state index >= 15 is 0 Å². The van der Waals surface area contributed by atoms with Crippen LogP contribution in [0.5, 0.6) is 17.2 Å². The predicted octanol–water partition coefficient (Wildman–Crippen LogP) is 6.46. The van der Waals surface area contributed by atoms with Crippen LogP contribution in [0.3, 0.4) is 0 Å². The number of carbonyl (C=O) groups is 1. The van der Waals surface area contributed by atoms with Crippen molar-refractivity contribution in [1.82, 2.24) is 4.90 Å². The molecular weight excluding hydrogens is 458 g/mol. The quantitative estimate of drug-likeness (QED) is 0.293. The van der Waals surface area contributed by atoms with Crippen molar-refractivity contribution in [3.8, 4) is 27.7 Å². The minimum atomic E-state index is -0.0824. The van der Waals surface area contributed by atoms with Crippen LogP contribution < -0.4 is 4.74 Å². The van der Waals surface area contributed by atoms with E-state index in [0.717, 1.165) is 45.8 Å². The van der Waals surface area contributed by atoms with Gasteiger partial charge in [0, 0.05) is 32.1 Å². The van der Waals surface area contributed by atoms with Gasteiger partial charge in [-0.2, -0.15) is 0 Å². The molecule has 1 fully saturated rings. The normalized spacial score (nSPS) is 16.4. The molecule has 2 N–H and O–H groups in total. The summed E-state index contributed by atoms with van der Waals surface area (Å²) in [7, 11) is 0. The number of rotatable bonds is 7. The fourth-order valence-corrected chi connectivity index (χ4v) is 6.07. The minimum Gasteiger partial charge on any atom is -0.508 e. The van der Waals surface area contributed by atoms with Crippen molar-refractivity contribution < 1.29 is 19.7 Å². The van der Waals surface area contributed by atoms with Gasteiger partial charge in [0.1, 0.15) is 23.9 Å². The maximum atomic E-state index is 13.7. The number of ether oxygens (including phenoxy) is 1. The zero-order valence-corrected chi connectivity index (χ0v) is 20.6. The van der Waals surface area contributed by atoms with E-state index in [9.17, 15) is 15.0 Å². The van der Waals surface area contributed by atoms with Crippen LogP contribution >= 0.6 is 11.3 Å². The van der Waals surface area contributed by atoms with Crippen molar-refractivity contribution in [1.29, 1.82) is 0 Å². The second kappa shape index (κ2) is 10.1. The van der Waals surface area contributed by atoms with E-state index in [0.29, 0.717) is 23.8 Å². The van der Waals surface area contributed by atoms with E-state index in [4.69, 9.17) is 4.74 Å². The summed E-state index contributed by atoms with van der Waals surface area (Å²) in [4.78, 5) is 17.0.